The lowest BCUT2D eigenvalue weighted by atomic mass is 9.92. The molecule has 0 atom stereocenters. The van der Waals surface area contributed by atoms with E-state index >= 15 is 0 Å². The van der Waals surface area contributed by atoms with Gasteiger partial charge in [0.2, 0.25) is 46.5 Å². The summed E-state index contributed by atoms with van der Waals surface area (Å²) in [5.41, 5.74) is -3.02. The molecule has 0 fully saturated rings. The molecule has 0 radical (unpaired) electrons. The Hall–Kier alpha value is -2.12. The molecule has 0 unspecified atom stereocenters. The van der Waals surface area contributed by atoms with Gasteiger partial charge in [-0.25, -0.2) is 35.1 Å². The first-order valence-electron chi connectivity index (χ1n) is 13.2. The van der Waals surface area contributed by atoms with E-state index in [9.17, 15) is 70.2 Å². The van der Waals surface area contributed by atoms with Crippen LogP contribution in [0.5, 0.6) is 23.0 Å². The number of hydrogen-bond acceptors (Lipinski definition) is 4. The molecule has 53 heavy (non-hydrogen) atoms. The molecule has 0 amide bonds. The van der Waals surface area contributed by atoms with Gasteiger partial charge in [0, 0.05) is 0 Å². The zero-order valence-corrected chi connectivity index (χ0v) is 33.2. The second-order valence-corrected chi connectivity index (χ2v) is 14.6. The highest BCUT2D eigenvalue weighted by molar-refractivity contribution is 14.1. The van der Waals surface area contributed by atoms with Crippen LogP contribution < -0.4 is 18.9 Å². The monoisotopic (exact) mass is 1230 g/mol. The van der Waals surface area contributed by atoms with Crippen molar-refractivity contribution in [3.8, 4) is 23.0 Å². The van der Waals surface area contributed by atoms with E-state index in [0.717, 1.165) is 90.4 Å². The van der Waals surface area contributed by atoms with Gasteiger partial charge < -0.3 is 18.9 Å². The van der Waals surface area contributed by atoms with Crippen LogP contribution in [0.15, 0.2) is 0 Å². The zero-order chi connectivity index (χ0) is 40.0. The van der Waals surface area contributed by atoms with E-state index in [1.54, 1.807) is 0 Å². The van der Waals surface area contributed by atoms with E-state index in [1.807, 2.05) is 0 Å². The van der Waals surface area contributed by atoms with Crippen LogP contribution in [0.4, 0.5) is 70.2 Å². The molecule has 4 rings (SSSR count). The molecule has 288 valence electrons. The third-order valence-corrected chi connectivity index (χ3v) is 10.6. The first kappa shape index (κ1) is 43.6. The maximum Gasteiger partial charge on any atom is 0.205 e. The Balaban J connectivity index is 1.93. The summed E-state index contributed by atoms with van der Waals surface area (Å²) in [5, 5.41) is 0. The number of halogens is 20. The summed E-state index contributed by atoms with van der Waals surface area (Å²) in [6.45, 7) is -7.07. The van der Waals surface area contributed by atoms with E-state index in [0.29, 0.717) is 0 Å². The van der Waals surface area contributed by atoms with E-state index < -0.39 is 162 Å². The van der Waals surface area contributed by atoms with Crippen molar-refractivity contribution in [3.05, 3.63) is 107 Å². The second-order valence-electron chi connectivity index (χ2n) is 10.3. The molecule has 0 saturated carbocycles. The standard InChI is InChI=1S/C29H8F16I4O4/c30-5-13(38)25(14(39)6(31)21(5)46)50-1-29(2-51-26-15(40)7(32)22(47)8(33)16(26)41,3-52-27-17(42)9(34)23(48)10(35)18(27)43)4-53-28-19(44)11(36)24(49)12(37)20(28)45/h1-4H2. The van der Waals surface area contributed by atoms with Gasteiger partial charge in [-0.2, -0.15) is 35.1 Å². The molecule has 0 bridgehead atoms. The Bertz CT molecular complexity index is 1720. The van der Waals surface area contributed by atoms with Gasteiger partial charge in [-0.05, 0) is 90.4 Å². The van der Waals surface area contributed by atoms with Crippen molar-refractivity contribution in [2.45, 2.75) is 0 Å². The molecule has 0 N–H and O–H groups in total. The lowest BCUT2D eigenvalue weighted by Crippen LogP contribution is -2.46. The molecule has 0 heterocycles. The lowest BCUT2D eigenvalue weighted by Gasteiger charge is -2.33. The third-order valence-electron chi connectivity index (χ3n) is 6.77. The predicted octanol–water partition coefficient (Wildman–Crippen LogP) is 10.9. The van der Waals surface area contributed by atoms with Crippen LogP contribution in [0.3, 0.4) is 0 Å². The minimum atomic E-state index is -3.02. The molecular weight excluding hydrogens is 1220 g/mol. The van der Waals surface area contributed by atoms with E-state index in [1.165, 1.54) is 0 Å². The van der Waals surface area contributed by atoms with Crippen LogP contribution in [-0.4, -0.2) is 26.4 Å². The van der Waals surface area contributed by atoms with Crippen molar-refractivity contribution in [1.29, 1.82) is 0 Å². The summed E-state index contributed by atoms with van der Waals surface area (Å²) in [7, 11) is 0. The molecule has 0 aromatic heterocycles. The summed E-state index contributed by atoms with van der Waals surface area (Å²) < 4.78 is 247. The Kier molecular flexibility index (Phi) is 13.9. The van der Waals surface area contributed by atoms with Crippen LogP contribution in [0.1, 0.15) is 0 Å². The van der Waals surface area contributed by atoms with Crippen LogP contribution in [0.2, 0.25) is 0 Å². The highest BCUT2D eigenvalue weighted by atomic mass is 127. The minimum Gasteiger partial charge on any atom is -0.486 e. The van der Waals surface area contributed by atoms with E-state index in [-0.39, 0.29) is 0 Å². The average Bonchev–Trinajstić information content (AvgIpc) is 3.14. The first-order chi connectivity index (χ1) is 24.6. The average molecular weight is 1230 g/mol. The highest BCUT2D eigenvalue weighted by Gasteiger charge is 2.41. The fourth-order valence-corrected chi connectivity index (χ4v) is 5.89. The van der Waals surface area contributed by atoms with Crippen LogP contribution >= 0.6 is 90.4 Å². The normalized spacial score (nSPS) is 11.7. The Morgan fingerprint density at radius 1 is 0.264 bits per heavy atom. The quantitative estimate of drug-likeness (QED) is 0.0613. The van der Waals surface area contributed by atoms with Gasteiger partial charge >= 0.3 is 0 Å². The first-order valence-corrected chi connectivity index (χ1v) is 17.5. The maximum atomic E-state index is 14.8. The van der Waals surface area contributed by atoms with Crippen LogP contribution in [0.25, 0.3) is 0 Å². The largest absolute Gasteiger partial charge is 0.486 e. The molecule has 24 heteroatoms. The topological polar surface area (TPSA) is 36.9 Å². The minimum absolute atomic E-state index is 0.837. The molecule has 0 aliphatic rings. The summed E-state index contributed by atoms with van der Waals surface area (Å²) in [6.07, 6.45) is 0. The second kappa shape index (κ2) is 16.9. The van der Waals surface area contributed by atoms with Gasteiger partial charge in [0.1, 0.15) is 31.8 Å². The summed E-state index contributed by atoms with van der Waals surface area (Å²) in [6, 6.07) is 0. The maximum absolute atomic E-state index is 14.8. The van der Waals surface area contributed by atoms with Crippen molar-refractivity contribution < 1.29 is 89.2 Å². The number of hydrogen-bond donors (Lipinski definition) is 0. The Morgan fingerprint density at radius 3 is 0.528 bits per heavy atom. The van der Waals surface area contributed by atoms with Crippen molar-refractivity contribution in [2.75, 3.05) is 26.4 Å². The molecule has 0 saturated heterocycles. The third kappa shape index (κ3) is 8.23. The van der Waals surface area contributed by atoms with Gasteiger partial charge in [0.15, 0.2) is 69.5 Å². The van der Waals surface area contributed by atoms with E-state index in [2.05, 4.69) is 0 Å². The van der Waals surface area contributed by atoms with Gasteiger partial charge in [-0.3, -0.25) is 0 Å². The predicted molar refractivity (Wildman–Crippen MR) is 180 cm³/mol. The fourth-order valence-electron chi connectivity index (χ4n) is 4.00. The summed E-state index contributed by atoms with van der Waals surface area (Å²) in [4.78, 5) is 0. The molecule has 4 aromatic rings. The van der Waals surface area contributed by atoms with Gasteiger partial charge in [0.25, 0.3) is 0 Å². The Labute approximate surface area is 339 Å². The van der Waals surface area contributed by atoms with Crippen molar-refractivity contribution in [1.82, 2.24) is 0 Å². The fraction of sp³-hybridized carbons (Fsp3) is 0.172. The molecule has 0 aliphatic carbocycles. The zero-order valence-electron chi connectivity index (χ0n) is 24.5. The van der Waals surface area contributed by atoms with Crippen molar-refractivity contribution in [3.63, 3.8) is 0 Å². The van der Waals surface area contributed by atoms with E-state index in [4.69, 9.17) is 18.9 Å². The smallest absolute Gasteiger partial charge is 0.205 e. The van der Waals surface area contributed by atoms with Crippen LogP contribution in [0, 0.1) is 113 Å². The van der Waals surface area contributed by atoms with Gasteiger partial charge in [0.05, 0.1) is 14.3 Å². The molecule has 4 nitrogen and oxygen atoms in total. The summed E-state index contributed by atoms with van der Waals surface area (Å²) >= 11 is 3.35. The molecule has 4 aromatic carbocycles. The van der Waals surface area contributed by atoms with Crippen molar-refractivity contribution >= 4 is 90.4 Å². The number of rotatable bonds is 12. The van der Waals surface area contributed by atoms with Crippen LogP contribution in [-0.2, 0) is 0 Å². The molecule has 0 aliphatic heterocycles. The highest BCUT2D eigenvalue weighted by Crippen LogP contribution is 2.38. The van der Waals surface area contributed by atoms with Gasteiger partial charge in [-0.15, -0.1) is 0 Å². The number of ether oxygens (including phenoxy) is 4. The molecule has 0 spiro atoms. The van der Waals surface area contributed by atoms with Crippen molar-refractivity contribution in [2.24, 2.45) is 5.41 Å². The number of benzene rings is 4. The lowest BCUT2D eigenvalue weighted by molar-refractivity contribution is -0.0122. The SMILES string of the molecule is Fc1c(F)c(OCC(COc2c(F)c(F)c(I)c(F)c2F)(COc2c(F)c(F)c(I)c(F)c2F)COc2c(F)c(F)c(I)c(F)c2F)c(F)c(F)c1I. The summed E-state index contributed by atoms with van der Waals surface area (Å²) in [5.74, 6) is -42.7. The van der Waals surface area contributed by atoms with Gasteiger partial charge in [-0.1, -0.05) is 0 Å². The molecular formula is C29H8F16I4O4. The Morgan fingerprint density at radius 2 is 0.396 bits per heavy atom.